The van der Waals surface area contributed by atoms with Gasteiger partial charge in [0, 0.05) is 43.5 Å². The highest BCUT2D eigenvalue weighted by Crippen LogP contribution is 2.22. The normalized spacial score (nSPS) is 14.4. The second-order valence-electron chi connectivity index (χ2n) is 6.46. The van der Waals surface area contributed by atoms with Crippen molar-refractivity contribution < 1.29 is 13.6 Å². The number of nitrogens with zero attached hydrogens (tertiary/aromatic N) is 4. The number of amides is 1. The third-order valence-electron chi connectivity index (χ3n) is 4.55. The highest BCUT2D eigenvalue weighted by Gasteiger charge is 2.24. The standard InChI is InChI=1S/C20H19FN4O2/c1-14-12-18(23-19(22-14)15-4-2-5-16(21)13-15)24-7-9-25(10-8-24)20(26)17-6-3-11-27-17/h2-6,11-13H,7-10H2,1H3. The Morgan fingerprint density at radius 1 is 1.07 bits per heavy atom. The number of hydrogen-bond acceptors (Lipinski definition) is 5. The van der Waals surface area contributed by atoms with Gasteiger partial charge in [-0.2, -0.15) is 0 Å². The molecule has 0 bridgehead atoms. The van der Waals surface area contributed by atoms with Gasteiger partial charge in [0.2, 0.25) is 0 Å². The van der Waals surface area contributed by atoms with Crippen LogP contribution in [0.25, 0.3) is 11.4 Å². The molecule has 1 saturated heterocycles. The molecule has 0 spiro atoms. The summed E-state index contributed by atoms with van der Waals surface area (Å²) >= 11 is 0. The maximum absolute atomic E-state index is 13.5. The second-order valence-corrected chi connectivity index (χ2v) is 6.46. The number of aromatic nitrogens is 2. The number of furan rings is 1. The molecule has 1 aliphatic heterocycles. The quantitative estimate of drug-likeness (QED) is 0.713. The van der Waals surface area contributed by atoms with Gasteiger partial charge in [0.25, 0.3) is 5.91 Å². The van der Waals surface area contributed by atoms with Gasteiger partial charge in [-0.15, -0.1) is 0 Å². The molecule has 3 aromatic rings. The van der Waals surface area contributed by atoms with E-state index < -0.39 is 0 Å². The van der Waals surface area contributed by atoms with E-state index in [1.54, 1.807) is 29.2 Å². The summed E-state index contributed by atoms with van der Waals surface area (Å²) in [6, 6.07) is 11.6. The van der Waals surface area contributed by atoms with Crippen molar-refractivity contribution >= 4 is 11.7 Å². The average molecular weight is 366 g/mol. The molecular weight excluding hydrogens is 347 g/mol. The monoisotopic (exact) mass is 366 g/mol. The van der Waals surface area contributed by atoms with Gasteiger partial charge in [-0.25, -0.2) is 14.4 Å². The van der Waals surface area contributed by atoms with Gasteiger partial charge in [-0.1, -0.05) is 12.1 Å². The number of rotatable bonds is 3. The van der Waals surface area contributed by atoms with Crippen LogP contribution in [-0.4, -0.2) is 47.0 Å². The summed E-state index contributed by atoms with van der Waals surface area (Å²) in [6.07, 6.45) is 1.50. The fourth-order valence-electron chi connectivity index (χ4n) is 3.17. The Morgan fingerprint density at radius 3 is 2.59 bits per heavy atom. The van der Waals surface area contributed by atoms with E-state index in [1.807, 2.05) is 13.0 Å². The van der Waals surface area contributed by atoms with Crippen molar-refractivity contribution in [3.63, 3.8) is 0 Å². The van der Waals surface area contributed by atoms with Crippen LogP contribution in [0.1, 0.15) is 16.2 Å². The predicted molar refractivity (Wildman–Crippen MR) is 99.0 cm³/mol. The summed E-state index contributed by atoms with van der Waals surface area (Å²) < 4.78 is 18.7. The molecular formula is C20H19FN4O2. The highest BCUT2D eigenvalue weighted by molar-refractivity contribution is 5.91. The minimum atomic E-state index is -0.316. The molecule has 0 atom stereocenters. The SMILES string of the molecule is Cc1cc(N2CCN(C(=O)c3ccco3)CC2)nc(-c2cccc(F)c2)n1. The first kappa shape index (κ1) is 17.2. The van der Waals surface area contributed by atoms with Gasteiger partial charge < -0.3 is 14.2 Å². The zero-order chi connectivity index (χ0) is 18.8. The van der Waals surface area contributed by atoms with E-state index in [9.17, 15) is 9.18 Å². The number of halogens is 1. The number of piperazine rings is 1. The fourth-order valence-corrected chi connectivity index (χ4v) is 3.17. The molecule has 0 radical (unpaired) electrons. The van der Waals surface area contributed by atoms with Crippen molar-refractivity contribution in [1.82, 2.24) is 14.9 Å². The molecule has 7 heteroatoms. The molecule has 1 fully saturated rings. The smallest absolute Gasteiger partial charge is 0.289 e. The van der Waals surface area contributed by atoms with Crippen LogP contribution in [0, 0.1) is 12.7 Å². The first-order valence-corrected chi connectivity index (χ1v) is 8.79. The largest absolute Gasteiger partial charge is 0.459 e. The van der Waals surface area contributed by atoms with Crippen LogP contribution < -0.4 is 4.90 Å². The topological polar surface area (TPSA) is 62.5 Å². The van der Waals surface area contributed by atoms with Crippen LogP contribution in [0.3, 0.4) is 0 Å². The minimum Gasteiger partial charge on any atom is -0.459 e. The second kappa shape index (κ2) is 7.19. The number of benzene rings is 1. The minimum absolute atomic E-state index is 0.0982. The van der Waals surface area contributed by atoms with Crippen molar-refractivity contribution in [2.45, 2.75) is 6.92 Å². The molecule has 1 aliphatic rings. The Hall–Kier alpha value is -3.22. The van der Waals surface area contributed by atoms with E-state index >= 15 is 0 Å². The van der Waals surface area contributed by atoms with Crippen LogP contribution in [0.2, 0.25) is 0 Å². The molecule has 0 aliphatic carbocycles. The van der Waals surface area contributed by atoms with Gasteiger partial charge in [-0.3, -0.25) is 4.79 Å². The molecule has 0 unspecified atom stereocenters. The molecule has 138 valence electrons. The van der Waals surface area contributed by atoms with Crippen molar-refractivity contribution in [2.24, 2.45) is 0 Å². The third kappa shape index (κ3) is 3.67. The number of carbonyl (C=O) groups is 1. The Bertz CT molecular complexity index is 950. The summed E-state index contributed by atoms with van der Waals surface area (Å²) in [6.45, 7) is 4.37. The number of aryl methyl sites for hydroxylation is 1. The zero-order valence-electron chi connectivity index (χ0n) is 14.9. The molecule has 1 amide bonds. The lowest BCUT2D eigenvalue weighted by Crippen LogP contribution is -2.49. The number of anilines is 1. The number of carbonyl (C=O) groups excluding carboxylic acids is 1. The Labute approximate surface area is 156 Å². The van der Waals surface area contributed by atoms with Crippen molar-refractivity contribution in [3.8, 4) is 11.4 Å². The van der Waals surface area contributed by atoms with Crippen molar-refractivity contribution in [1.29, 1.82) is 0 Å². The highest BCUT2D eigenvalue weighted by atomic mass is 19.1. The van der Waals surface area contributed by atoms with Gasteiger partial charge in [0.15, 0.2) is 11.6 Å². The first-order valence-electron chi connectivity index (χ1n) is 8.79. The summed E-state index contributed by atoms with van der Waals surface area (Å²) in [4.78, 5) is 25.3. The Balaban J connectivity index is 1.51. The lowest BCUT2D eigenvalue weighted by molar-refractivity contribution is 0.0714. The van der Waals surface area contributed by atoms with E-state index in [2.05, 4.69) is 14.9 Å². The zero-order valence-corrected chi connectivity index (χ0v) is 14.9. The predicted octanol–water partition coefficient (Wildman–Crippen LogP) is 3.15. The summed E-state index contributed by atoms with van der Waals surface area (Å²) in [5.41, 5.74) is 1.46. The van der Waals surface area contributed by atoms with E-state index in [0.29, 0.717) is 43.3 Å². The average Bonchev–Trinajstić information content (AvgIpc) is 3.22. The van der Waals surface area contributed by atoms with Gasteiger partial charge in [-0.05, 0) is 31.2 Å². The van der Waals surface area contributed by atoms with Crippen LogP contribution in [0.5, 0.6) is 0 Å². The van der Waals surface area contributed by atoms with E-state index in [1.165, 1.54) is 18.4 Å². The summed E-state index contributed by atoms with van der Waals surface area (Å²) in [7, 11) is 0. The summed E-state index contributed by atoms with van der Waals surface area (Å²) in [5.74, 6) is 1.23. The summed E-state index contributed by atoms with van der Waals surface area (Å²) in [5, 5.41) is 0. The van der Waals surface area contributed by atoms with Crippen LogP contribution in [-0.2, 0) is 0 Å². The van der Waals surface area contributed by atoms with E-state index in [0.717, 1.165) is 11.5 Å². The Morgan fingerprint density at radius 2 is 1.89 bits per heavy atom. The van der Waals surface area contributed by atoms with Crippen LogP contribution in [0.4, 0.5) is 10.2 Å². The van der Waals surface area contributed by atoms with E-state index in [4.69, 9.17) is 4.42 Å². The van der Waals surface area contributed by atoms with E-state index in [-0.39, 0.29) is 11.7 Å². The lowest BCUT2D eigenvalue weighted by Gasteiger charge is -2.35. The fraction of sp³-hybridized carbons (Fsp3) is 0.250. The molecule has 1 aromatic carbocycles. The Kier molecular flexibility index (Phi) is 4.58. The van der Waals surface area contributed by atoms with Gasteiger partial charge in [0.05, 0.1) is 6.26 Å². The molecule has 6 nitrogen and oxygen atoms in total. The third-order valence-corrected chi connectivity index (χ3v) is 4.55. The molecule has 3 heterocycles. The lowest BCUT2D eigenvalue weighted by atomic mass is 10.2. The molecule has 0 N–H and O–H groups in total. The molecule has 27 heavy (non-hydrogen) atoms. The van der Waals surface area contributed by atoms with Gasteiger partial charge in [0.1, 0.15) is 11.6 Å². The van der Waals surface area contributed by atoms with Crippen molar-refractivity contribution in [3.05, 3.63) is 66.0 Å². The maximum atomic E-state index is 13.5. The molecule has 0 saturated carbocycles. The van der Waals surface area contributed by atoms with Crippen LogP contribution in [0.15, 0.2) is 53.1 Å². The first-order chi connectivity index (χ1) is 13.1. The van der Waals surface area contributed by atoms with Gasteiger partial charge >= 0.3 is 0 Å². The van der Waals surface area contributed by atoms with Crippen LogP contribution >= 0.6 is 0 Å². The van der Waals surface area contributed by atoms with Crippen molar-refractivity contribution in [2.75, 3.05) is 31.1 Å². The maximum Gasteiger partial charge on any atom is 0.289 e. The molecule has 2 aromatic heterocycles. The molecule has 4 rings (SSSR count). The number of hydrogen-bond donors (Lipinski definition) is 0.